The van der Waals surface area contributed by atoms with Crippen molar-refractivity contribution in [1.82, 2.24) is 9.47 Å². The molecule has 8 nitrogen and oxygen atoms in total. The number of amides is 1. The van der Waals surface area contributed by atoms with Gasteiger partial charge in [0.1, 0.15) is 5.69 Å². The molecule has 2 aromatic carbocycles. The van der Waals surface area contributed by atoms with Crippen LogP contribution in [0.2, 0.25) is 0 Å². The molecule has 3 heterocycles. The van der Waals surface area contributed by atoms with Crippen molar-refractivity contribution >= 4 is 27.3 Å². The highest BCUT2D eigenvalue weighted by Crippen LogP contribution is 2.35. The average Bonchev–Trinajstić information content (AvgIpc) is 2.86. The number of sulfonamides is 1. The van der Waals surface area contributed by atoms with Crippen LogP contribution in [0.1, 0.15) is 36.9 Å². The minimum atomic E-state index is -3.95. The zero-order chi connectivity index (χ0) is 26.0. The van der Waals surface area contributed by atoms with Crippen LogP contribution in [-0.4, -0.2) is 43.4 Å². The van der Waals surface area contributed by atoms with Crippen LogP contribution in [0.25, 0.3) is 0 Å². The summed E-state index contributed by atoms with van der Waals surface area (Å²) in [6, 6.07) is 19.9. The number of nitrogens with one attached hydrogen (secondary N) is 2. The summed E-state index contributed by atoms with van der Waals surface area (Å²) in [5, 5.41) is 2.61. The third-order valence-corrected chi connectivity index (χ3v) is 8.57. The molecular formula is C28H32N4O4S. The predicted molar refractivity (Wildman–Crippen MR) is 144 cm³/mol. The van der Waals surface area contributed by atoms with Gasteiger partial charge in [-0.05, 0) is 73.7 Å². The quantitative estimate of drug-likeness (QED) is 0.472. The van der Waals surface area contributed by atoms with E-state index in [1.165, 1.54) is 36.8 Å². The maximum Gasteiger partial charge on any atom is 0.275 e. The lowest BCUT2D eigenvalue weighted by atomic mass is 9.83. The molecule has 5 rings (SSSR count). The van der Waals surface area contributed by atoms with E-state index in [4.69, 9.17) is 0 Å². The molecule has 37 heavy (non-hydrogen) atoms. The number of aryl methyl sites for hydroxylation is 1. The number of pyridine rings is 1. The Morgan fingerprint density at radius 3 is 2.46 bits per heavy atom. The van der Waals surface area contributed by atoms with E-state index in [9.17, 15) is 18.0 Å². The second kappa shape index (κ2) is 10.5. The monoisotopic (exact) mass is 520 g/mol. The first-order valence-corrected chi connectivity index (χ1v) is 14.2. The number of nitrogens with zero attached hydrogens (tertiary/aromatic N) is 2. The van der Waals surface area contributed by atoms with E-state index in [2.05, 4.69) is 39.2 Å². The van der Waals surface area contributed by atoms with Crippen LogP contribution in [0, 0.1) is 5.92 Å². The number of likely N-dealkylation sites (tertiary alicyclic amines) is 1. The van der Waals surface area contributed by atoms with Gasteiger partial charge in [-0.2, -0.15) is 0 Å². The Morgan fingerprint density at radius 1 is 0.973 bits per heavy atom. The van der Waals surface area contributed by atoms with Gasteiger partial charge in [0.05, 0.1) is 4.90 Å². The van der Waals surface area contributed by atoms with Crippen molar-refractivity contribution in [2.45, 2.75) is 43.5 Å². The number of benzene rings is 2. The van der Waals surface area contributed by atoms with E-state index in [-0.39, 0.29) is 28.0 Å². The zero-order valence-electron chi connectivity index (χ0n) is 20.9. The lowest BCUT2D eigenvalue weighted by Crippen LogP contribution is -2.47. The minimum absolute atomic E-state index is 0.0201. The molecule has 2 aliphatic heterocycles. The van der Waals surface area contributed by atoms with Crippen molar-refractivity contribution < 1.29 is 13.2 Å². The molecule has 1 amide bonds. The Bertz CT molecular complexity index is 1440. The van der Waals surface area contributed by atoms with Crippen LogP contribution in [0.15, 0.2) is 76.4 Å². The Morgan fingerprint density at radius 2 is 1.73 bits per heavy atom. The third kappa shape index (κ3) is 5.78. The lowest BCUT2D eigenvalue weighted by molar-refractivity contribution is -0.114. The Hall–Kier alpha value is -3.43. The van der Waals surface area contributed by atoms with Crippen molar-refractivity contribution in [1.29, 1.82) is 0 Å². The number of carbonyl (C=O) groups is 1. The molecule has 1 fully saturated rings. The van der Waals surface area contributed by atoms with Gasteiger partial charge in [-0.25, -0.2) is 8.42 Å². The summed E-state index contributed by atoms with van der Waals surface area (Å²) >= 11 is 0. The standard InChI is InChI=1S/C28H32N4O4S/c1-20(33)29-24-9-11-25(12-10-24)37(35,36)30-26-13-14-27-23-16-22(18-32(27)28(26)34)17-31(19-23)15-5-8-21-6-3-2-4-7-21/h2-4,6-7,9-14,22-23,30H,5,8,15-19H2,1H3,(H,29,33). The molecule has 0 saturated carbocycles. The Labute approximate surface area is 217 Å². The van der Waals surface area contributed by atoms with Gasteiger partial charge < -0.3 is 14.8 Å². The van der Waals surface area contributed by atoms with Crippen LogP contribution >= 0.6 is 0 Å². The molecule has 0 aliphatic carbocycles. The minimum Gasteiger partial charge on any atom is -0.326 e. The van der Waals surface area contributed by atoms with Gasteiger partial charge in [-0.1, -0.05) is 30.3 Å². The molecule has 1 saturated heterocycles. The molecule has 2 N–H and O–H groups in total. The molecule has 9 heteroatoms. The molecule has 3 aromatic rings. The van der Waals surface area contributed by atoms with Crippen molar-refractivity contribution in [2.24, 2.45) is 5.92 Å². The Kier molecular flexibility index (Phi) is 7.17. The number of carbonyl (C=O) groups excluding carboxylic acids is 1. The number of rotatable bonds is 8. The van der Waals surface area contributed by atoms with Crippen LogP contribution in [0.3, 0.4) is 0 Å². The number of piperidine rings is 1. The number of aromatic nitrogens is 1. The fourth-order valence-corrected chi connectivity index (χ4v) is 6.64. The molecule has 1 aromatic heterocycles. The van der Waals surface area contributed by atoms with Gasteiger partial charge in [0, 0.05) is 43.9 Å². The highest BCUT2D eigenvalue weighted by molar-refractivity contribution is 7.92. The van der Waals surface area contributed by atoms with Crippen molar-refractivity contribution in [3.63, 3.8) is 0 Å². The van der Waals surface area contributed by atoms with Gasteiger partial charge in [0.2, 0.25) is 5.91 Å². The maximum atomic E-state index is 13.3. The first kappa shape index (κ1) is 25.2. The van der Waals surface area contributed by atoms with Gasteiger partial charge in [-0.3, -0.25) is 14.3 Å². The van der Waals surface area contributed by atoms with Gasteiger partial charge >= 0.3 is 0 Å². The molecule has 2 bridgehead atoms. The first-order chi connectivity index (χ1) is 17.8. The first-order valence-electron chi connectivity index (χ1n) is 12.7. The number of anilines is 2. The van der Waals surface area contributed by atoms with E-state index in [1.807, 2.05) is 12.1 Å². The predicted octanol–water partition coefficient (Wildman–Crippen LogP) is 3.66. The highest BCUT2D eigenvalue weighted by Gasteiger charge is 2.35. The van der Waals surface area contributed by atoms with Gasteiger partial charge in [0.25, 0.3) is 15.6 Å². The van der Waals surface area contributed by atoms with Gasteiger partial charge in [-0.15, -0.1) is 0 Å². The summed E-state index contributed by atoms with van der Waals surface area (Å²) < 4.78 is 30.1. The van der Waals surface area contributed by atoms with E-state index >= 15 is 0 Å². The van der Waals surface area contributed by atoms with E-state index in [0.717, 1.165) is 44.6 Å². The zero-order valence-corrected chi connectivity index (χ0v) is 21.7. The largest absolute Gasteiger partial charge is 0.326 e. The second-order valence-corrected chi connectivity index (χ2v) is 11.7. The molecule has 194 valence electrons. The van der Waals surface area contributed by atoms with E-state index < -0.39 is 10.0 Å². The molecular weight excluding hydrogens is 488 g/mol. The summed E-state index contributed by atoms with van der Waals surface area (Å²) in [7, 11) is -3.95. The normalized spacial score (nSPS) is 19.2. The fourth-order valence-electron chi connectivity index (χ4n) is 5.58. The third-order valence-electron chi connectivity index (χ3n) is 7.19. The van der Waals surface area contributed by atoms with E-state index in [1.54, 1.807) is 10.6 Å². The van der Waals surface area contributed by atoms with Gasteiger partial charge in [0.15, 0.2) is 0 Å². The number of hydrogen-bond acceptors (Lipinski definition) is 5. The average molecular weight is 521 g/mol. The molecule has 0 spiro atoms. The van der Waals surface area contributed by atoms with Crippen molar-refractivity contribution in [3.8, 4) is 0 Å². The van der Waals surface area contributed by atoms with E-state index in [0.29, 0.717) is 18.2 Å². The molecule has 2 aliphatic rings. The summed E-state index contributed by atoms with van der Waals surface area (Å²) in [4.78, 5) is 27.0. The highest BCUT2D eigenvalue weighted by atomic mass is 32.2. The smallest absolute Gasteiger partial charge is 0.275 e. The summed E-state index contributed by atoms with van der Waals surface area (Å²) in [6.07, 6.45) is 3.21. The summed E-state index contributed by atoms with van der Waals surface area (Å²) in [5.41, 5.74) is 2.59. The molecule has 2 unspecified atom stereocenters. The SMILES string of the molecule is CC(=O)Nc1ccc(S(=O)(=O)Nc2ccc3n(c2=O)CC2CC3CN(CCCc3ccccc3)C2)cc1. The number of hydrogen-bond donors (Lipinski definition) is 2. The van der Waals surface area contributed by atoms with Crippen LogP contribution in [0.5, 0.6) is 0 Å². The van der Waals surface area contributed by atoms with Crippen LogP contribution < -0.4 is 15.6 Å². The van der Waals surface area contributed by atoms with Crippen LogP contribution in [0.4, 0.5) is 11.4 Å². The van der Waals surface area contributed by atoms with Crippen molar-refractivity contribution in [2.75, 3.05) is 29.7 Å². The number of fused-ring (bicyclic) bond motifs is 4. The molecule has 2 atom stereocenters. The fraction of sp³-hybridized carbons (Fsp3) is 0.357. The molecule has 0 radical (unpaired) electrons. The second-order valence-electron chi connectivity index (χ2n) is 10.0. The Balaban J connectivity index is 1.27. The van der Waals surface area contributed by atoms with Crippen molar-refractivity contribution in [3.05, 3.63) is 88.3 Å². The maximum absolute atomic E-state index is 13.3. The summed E-state index contributed by atoms with van der Waals surface area (Å²) in [6.45, 7) is 4.88. The lowest BCUT2D eigenvalue weighted by Gasteiger charge is -2.43. The summed E-state index contributed by atoms with van der Waals surface area (Å²) in [5.74, 6) is 0.397. The topological polar surface area (TPSA) is 101 Å². The van der Waals surface area contributed by atoms with Crippen LogP contribution in [-0.2, 0) is 27.8 Å².